The van der Waals surface area contributed by atoms with Crippen molar-refractivity contribution in [3.05, 3.63) is 105 Å². The fourth-order valence-electron chi connectivity index (χ4n) is 2.21. The van der Waals surface area contributed by atoms with E-state index in [-0.39, 0.29) is 5.96 Å². The minimum absolute atomic E-state index is 0.223. The Morgan fingerprint density at radius 3 is 1.29 bits per heavy atom. The van der Waals surface area contributed by atoms with Crippen molar-refractivity contribution in [2.24, 2.45) is 20.4 Å². The third kappa shape index (κ3) is 8.22. The van der Waals surface area contributed by atoms with Crippen LogP contribution in [-0.2, 0) is 0 Å². The Hall–Kier alpha value is -3.19. The van der Waals surface area contributed by atoms with Gasteiger partial charge in [-0.25, -0.2) is 10.9 Å². The van der Waals surface area contributed by atoms with Crippen molar-refractivity contribution < 1.29 is 0 Å². The van der Waals surface area contributed by atoms with Crippen LogP contribution in [0.4, 0.5) is 0 Å². The first-order valence-corrected chi connectivity index (χ1v) is 10.2. The predicted molar refractivity (Wildman–Crippen MR) is 131 cm³/mol. The molecular weight excluding hydrogens is 455 g/mol. The van der Waals surface area contributed by atoms with E-state index in [9.17, 15) is 0 Å². The number of nitrogens with zero attached hydrogens (tertiary/aromatic N) is 4. The first-order valence-electron chi connectivity index (χ1n) is 9.04. The lowest BCUT2D eigenvalue weighted by Gasteiger charge is -2.02. The summed E-state index contributed by atoms with van der Waals surface area (Å²) in [6, 6.07) is 21.7. The molecule has 0 bridgehead atoms. The van der Waals surface area contributed by atoms with Crippen LogP contribution in [-0.4, -0.2) is 24.6 Å². The van der Waals surface area contributed by atoms with Gasteiger partial charge in [0, 0.05) is 15.1 Å². The number of halogens is 3. The fraction of sp³-hybridized carbons (Fsp3) is 0. The summed E-state index contributed by atoms with van der Waals surface area (Å²) in [6.45, 7) is 0. The van der Waals surface area contributed by atoms with Crippen LogP contribution in [0.15, 0.2) is 93.2 Å². The summed E-state index contributed by atoms with van der Waals surface area (Å²) in [7, 11) is 0. The average Bonchev–Trinajstić information content (AvgIpc) is 2.77. The van der Waals surface area contributed by atoms with Gasteiger partial charge in [0.25, 0.3) is 5.96 Å². The Bertz CT molecular complexity index is 1030. The Kier molecular flexibility index (Phi) is 8.60. The fourth-order valence-corrected chi connectivity index (χ4v) is 2.58. The lowest BCUT2D eigenvalue weighted by Crippen LogP contribution is -2.30. The van der Waals surface area contributed by atoms with Crippen molar-refractivity contribution in [3.63, 3.8) is 0 Å². The first-order chi connectivity index (χ1) is 15.1. The molecule has 0 saturated heterocycles. The van der Waals surface area contributed by atoms with Gasteiger partial charge in [-0.3, -0.25) is 0 Å². The monoisotopic (exact) mass is 470 g/mol. The van der Waals surface area contributed by atoms with Gasteiger partial charge in [0.2, 0.25) is 0 Å². The number of guanidine groups is 1. The van der Waals surface area contributed by atoms with Gasteiger partial charge in [-0.1, -0.05) is 71.2 Å². The van der Waals surface area contributed by atoms with E-state index in [0.29, 0.717) is 15.1 Å². The highest BCUT2D eigenvalue weighted by molar-refractivity contribution is 6.31. The molecule has 3 aromatic rings. The van der Waals surface area contributed by atoms with Crippen molar-refractivity contribution in [1.82, 2.24) is 10.9 Å². The molecule has 156 valence electrons. The van der Waals surface area contributed by atoms with Gasteiger partial charge in [0.1, 0.15) is 0 Å². The molecule has 2 N–H and O–H groups in total. The molecule has 0 aliphatic heterocycles. The number of nitrogens with one attached hydrogen (secondary N) is 2. The molecule has 0 unspecified atom stereocenters. The summed E-state index contributed by atoms with van der Waals surface area (Å²) < 4.78 is 0. The summed E-state index contributed by atoms with van der Waals surface area (Å²) in [5, 5.41) is 18.4. The molecule has 6 nitrogen and oxygen atoms in total. The number of benzene rings is 3. The minimum atomic E-state index is 0.223. The molecule has 0 radical (unpaired) electrons. The second-order valence-corrected chi connectivity index (χ2v) is 7.40. The third-order valence-electron chi connectivity index (χ3n) is 3.74. The summed E-state index contributed by atoms with van der Waals surface area (Å²) in [5.41, 5.74) is 8.14. The van der Waals surface area contributed by atoms with Crippen molar-refractivity contribution in [1.29, 1.82) is 0 Å². The van der Waals surface area contributed by atoms with E-state index < -0.39 is 0 Å². The zero-order chi connectivity index (χ0) is 21.9. The quantitative estimate of drug-likeness (QED) is 0.280. The van der Waals surface area contributed by atoms with Gasteiger partial charge >= 0.3 is 0 Å². The topological polar surface area (TPSA) is 73.5 Å². The number of hydrogen-bond donors (Lipinski definition) is 2. The lowest BCUT2D eigenvalue weighted by atomic mass is 10.2. The molecule has 0 aromatic heterocycles. The van der Waals surface area contributed by atoms with Crippen LogP contribution in [0.25, 0.3) is 0 Å². The predicted octanol–water partition coefficient (Wildman–Crippen LogP) is 5.58. The maximum absolute atomic E-state index is 5.89. The molecule has 3 rings (SSSR count). The molecule has 0 spiro atoms. The maximum Gasteiger partial charge on any atom is 0.257 e. The van der Waals surface area contributed by atoms with Gasteiger partial charge < -0.3 is 0 Å². The molecule has 0 aliphatic carbocycles. The molecular formula is C22H17Cl3N6. The second kappa shape index (κ2) is 11.9. The van der Waals surface area contributed by atoms with Crippen LogP contribution in [0.5, 0.6) is 0 Å². The lowest BCUT2D eigenvalue weighted by molar-refractivity contribution is 0.890. The van der Waals surface area contributed by atoms with E-state index in [1.54, 1.807) is 55.0 Å². The molecule has 9 heteroatoms. The Morgan fingerprint density at radius 2 is 0.903 bits per heavy atom. The van der Waals surface area contributed by atoms with Crippen LogP contribution >= 0.6 is 34.8 Å². The van der Waals surface area contributed by atoms with Crippen molar-refractivity contribution in [2.45, 2.75) is 0 Å². The van der Waals surface area contributed by atoms with Gasteiger partial charge in [-0.15, -0.1) is 5.10 Å². The van der Waals surface area contributed by atoms with Gasteiger partial charge in [-0.05, 0) is 53.1 Å². The van der Waals surface area contributed by atoms with Gasteiger partial charge in [0.05, 0.1) is 18.6 Å². The van der Waals surface area contributed by atoms with Crippen LogP contribution < -0.4 is 10.9 Å². The van der Waals surface area contributed by atoms with Crippen LogP contribution in [0.2, 0.25) is 15.1 Å². The highest BCUT2D eigenvalue weighted by Crippen LogP contribution is 2.09. The highest BCUT2D eigenvalue weighted by atomic mass is 35.5. The first kappa shape index (κ1) is 22.5. The normalized spacial score (nSPS) is 11.3. The Morgan fingerprint density at radius 1 is 0.548 bits per heavy atom. The zero-order valence-electron chi connectivity index (χ0n) is 16.1. The van der Waals surface area contributed by atoms with Crippen LogP contribution in [0, 0.1) is 0 Å². The van der Waals surface area contributed by atoms with Gasteiger partial charge in [-0.2, -0.15) is 15.3 Å². The Labute approximate surface area is 195 Å². The summed E-state index contributed by atoms with van der Waals surface area (Å²) in [4.78, 5) is 0. The summed E-state index contributed by atoms with van der Waals surface area (Å²) in [6.07, 6.45) is 4.84. The molecule has 3 aromatic carbocycles. The third-order valence-corrected chi connectivity index (χ3v) is 4.50. The molecule has 0 heterocycles. The van der Waals surface area contributed by atoms with E-state index in [4.69, 9.17) is 34.8 Å². The largest absolute Gasteiger partial charge is 0.257 e. The Balaban J connectivity index is 1.69. The van der Waals surface area contributed by atoms with Crippen molar-refractivity contribution >= 4 is 59.4 Å². The van der Waals surface area contributed by atoms with E-state index in [1.165, 1.54) is 0 Å². The van der Waals surface area contributed by atoms with Crippen molar-refractivity contribution in [2.75, 3.05) is 0 Å². The zero-order valence-corrected chi connectivity index (χ0v) is 18.4. The van der Waals surface area contributed by atoms with E-state index in [2.05, 4.69) is 31.3 Å². The summed E-state index contributed by atoms with van der Waals surface area (Å²) in [5.74, 6) is 0.223. The molecule has 0 amide bonds. The number of hydrogen-bond acceptors (Lipinski definition) is 4. The van der Waals surface area contributed by atoms with Crippen molar-refractivity contribution in [3.8, 4) is 0 Å². The SMILES string of the molecule is Clc1ccc(C=NN=C(NN=Cc2ccc(Cl)cc2)NN=Cc2ccc(Cl)cc2)cc1. The second-order valence-electron chi connectivity index (χ2n) is 6.09. The van der Waals surface area contributed by atoms with E-state index in [0.717, 1.165) is 16.7 Å². The van der Waals surface area contributed by atoms with E-state index in [1.807, 2.05) is 36.4 Å². The molecule has 0 fully saturated rings. The van der Waals surface area contributed by atoms with E-state index >= 15 is 0 Å². The molecule has 0 aliphatic rings. The standard InChI is InChI=1S/C22H17Cl3N6/c23-19-7-1-16(2-8-19)13-26-29-22(30-27-14-17-3-9-20(24)10-4-17)31-28-15-18-5-11-21(25)12-6-18/h1-15H,(H2,29,30,31). The maximum atomic E-state index is 5.89. The molecule has 31 heavy (non-hydrogen) atoms. The smallest absolute Gasteiger partial charge is 0.244 e. The molecule has 0 atom stereocenters. The minimum Gasteiger partial charge on any atom is -0.244 e. The van der Waals surface area contributed by atoms with Gasteiger partial charge in [0.15, 0.2) is 0 Å². The number of hydrazone groups is 2. The average molecular weight is 472 g/mol. The van der Waals surface area contributed by atoms with Crippen LogP contribution in [0.1, 0.15) is 16.7 Å². The highest BCUT2D eigenvalue weighted by Gasteiger charge is 1.96. The summed E-state index contributed by atoms with van der Waals surface area (Å²) >= 11 is 17.7. The molecule has 0 saturated carbocycles. The van der Waals surface area contributed by atoms with Crippen LogP contribution in [0.3, 0.4) is 0 Å². The number of rotatable bonds is 6.